The highest BCUT2D eigenvalue weighted by Crippen LogP contribution is 2.21. The first kappa shape index (κ1) is 19.5. The van der Waals surface area contributed by atoms with Crippen LogP contribution in [-0.2, 0) is 11.3 Å². The van der Waals surface area contributed by atoms with Gasteiger partial charge in [-0.15, -0.1) is 0 Å². The Morgan fingerprint density at radius 3 is 2.38 bits per heavy atom. The Labute approximate surface area is 171 Å². The molecule has 2 aliphatic heterocycles. The number of hydrogen-bond donors (Lipinski definition) is 0. The van der Waals surface area contributed by atoms with E-state index < -0.39 is 0 Å². The van der Waals surface area contributed by atoms with E-state index in [0.717, 1.165) is 30.2 Å². The minimum Gasteiger partial charge on any atom is -0.492 e. The Morgan fingerprint density at radius 1 is 0.931 bits per heavy atom. The molecule has 0 bridgehead atoms. The summed E-state index contributed by atoms with van der Waals surface area (Å²) in [5, 5.41) is 0. The molecule has 0 atom stereocenters. The Morgan fingerprint density at radius 2 is 1.69 bits per heavy atom. The maximum atomic E-state index is 12.9. The van der Waals surface area contributed by atoms with Crippen LogP contribution in [0.25, 0.3) is 0 Å². The van der Waals surface area contributed by atoms with E-state index >= 15 is 0 Å². The van der Waals surface area contributed by atoms with Crippen LogP contribution >= 0.6 is 0 Å². The standard InChI is InChI=1S/C23H26FN3O2/c24-20-5-3-19(4-6-20)17-29-23-11-14-27(18-25-23)21-7-9-22(10-8-21)28-16-15-26-12-1-2-13-26/h3-11,14H,1-2,12-13,15-18H2. The van der Waals surface area contributed by atoms with Gasteiger partial charge in [-0.1, -0.05) is 12.1 Å². The molecule has 4 rings (SSSR count). The third-order valence-corrected chi connectivity index (χ3v) is 5.12. The molecule has 5 nitrogen and oxygen atoms in total. The molecule has 2 heterocycles. The van der Waals surface area contributed by atoms with E-state index in [9.17, 15) is 4.39 Å². The van der Waals surface area contributed by atoms with E-state index in [2.05, 4.69) is 9.89 Å². The number of aliphatic imine (C=N–C) groups is 1. The van der Waals surface area contributed by atoms with Gasteiger partial charge in [-0.2, -0.15) is 0 Å². The lowest BCUT2D eigenvalue weighted by atomic mass is 10.2. The van der Waals surface area contributed by atoms with Crippen LogP contribution in [0.1, 0.15) is 18.4 Å². The van der Waals surface area contributed by atoms with E-state index in [-0.39, 0.29) is 5.82 Å². The van der Waals surface area contributed by atoms with Crippen molar-refractivity contribution >= 4 is 11.6 Å². The van der Waals surface area contributed by atoms with Gasteiger partial charge in [0, 0.05) is 24.5 Å². The van der Waals surface area contributed by atoms with Gasteiger partial charge in [0.1, 0.15) is 31.4 Å². The van der Waals surface area contributed by atoms with Crippen LogP contribution < -0.4 is 9.64 Å². The summed E-state index contributed by atoms with van der Waals surface area (Å²) in [5.41, 5.74) is 1.96. The highest BCUT2D eigenvalue weighted by atomic mass is 19.1. The number of hydrogen-bond acceptors (Lipinski definition) is 5. The van der Waals surface area contributed by atoms with Crippen molar-refractivity contribution in [1.29, 1.82) is 0 Å². The van der Waals surface area contributed by atoms with Crippen molar-refractivity contribution in [2.45, 2.75) is 19.4 Å². The van der Waals surface area contributed by atoms with Gasteiger partial charge in [-0.25, -0.2) is 9.38 Å². The highest BCUT2D eigenvalue weighted by molar-refractivity contribution is 5.89. The molecule has 2 aromatic carbocycles. The fourth-order valence-corrected chi connectivity index (χ4v) is 3.43. The van der Waals surface area contributed by atoms with E-state index in [1.165, 1.54) is 38.1 Å². The second-order valence-electron chi connectivity index (χ2n) is 7.23. The molecule has 0 aliphatic carbocycles. The minimum absolute atomic E-state index is 0.248. The second kappa shape index (κ2) is 9.56. The topological polar surface area (TPSA) is 37.3 Å². The minimum atomic E-state index is -0.248. The lowest BCUT2D eigenvalue weighted by Gasteiger charge is -2.22. The molecule has 152 valence electrons. The lowest BCUT2D eigenvalue weighted by molar-refractivity contribution is 0.238. The number of rotatable bonds is 7. The largest absolute Gasteiger partial charge is 0.492 e. The average molecular weight is 395 g/mol. The highest BCUT2D eigenvalue weighted by Gasteiger charge is 2.12. The molecule has 0 spiro atoms. The lowest BCUT2D eigenvalue weighted by Crippen LogP contribution is -2.25. The van der Waals surface area contributed by atoms with Crippen LogP contribution in [0.5, 0.6) is 5.75 Å². The first-order chi connectivity index (χ1) is 14.3. The summed E-state index contributed by atoms with van der Waals surface area (Å²) in [7, 11) is 0. The number of likely N-dealkylation sites (tertiary alicyclic amines) is 1. The molecule has 1 saturated heterocycles. The van der Waals surface area contributed by atoms with Gasteiger partial charge in [0.25, 0.3) is 0 Å². The molecule has 0 N–H and O–H groups in total. The Bertz CT molecular complexity index is 843. The molecular weight excluding hydrogens is 369 g/mol. The molecule has 0 radical (unpaired) electrons. The van der Waals surface area contributed by atoms with Crippen molar-refractivity contribution in [2.24, 2.45) is 4.99 Å². The normalized spacial score (nSPS) is 16.7. The number of anilines is 1. The van der Waals surface area contributed by atoms with Crippen LogP contribution in [0.15, 0.2) is 65.8 Å². The molecule has 0 amide bonds. The first-order valence-electron chi connectivity index (χ1n) is 10.1. The van der Waals surface area contributed by atoms with E-state index in [1.807, 2.05) is 41.4 Å². The van der Waals surface area contributed by atoms with Gasteiger partial charge in [0.15, 0.2) is 0 Å². The second-order valence-corrected chi connectivity index (χ2v) is 7.23. The maximum Gasteiger partial charge on any atom is 0.212 e. The van der Waals surface area contributed by atoms with Crippen molar-refractivity contribution in [3.63, 3.8) is 0 Å². The van der Waals surface area contributed by atoms with E-state index in [1.54, 1.807) is 12.1 Å². The summed E-state index contributed by atoms with van der Waals surface area (Å²) in [6.45, 7) is 4.96. The fraction of sp³-hybridized carbons (Fsp3) is 0.348. The summed E-state index contributed by atoms with van der Waals surface area (Å²) in [6, 6.07) is 14.4. The Kier molecular flexibility index (Phi) is 6.42. The van der Waals surface area contributed by atoms with Gasteiger partial charge < -0.3 is 14.4 Å². The summed E-state index contributed by atoms with van der Waals surface area (Å²) >= 11 is 0. The van der Waals surface area contributed by atoms with Gasteiger partial charge in [-0.3, -0.25) is 4.90 Å². The zero-order chi connectivity index (χ0) is 19.9. The zero-order valence-electron chi connectivity index (χ0n) is 16.5. The van der Waals surface area contributed by atoms with Crippen molar-refractivity contribution in [3.05, 3.63) is 72.2 Å². The van der Waals surface area contributed by atoms with Gasteiger partial charge in [0.2, 0.25) is 5.90 Å². The van der Waals surface area contributed by atoms with Crippen LogP contribution in [0, 0.1) is 5.82 Å². The smallest absolute Gasteiger partial charge is 0.212 e. The molecule has 2 aliphatic rings. The Balaban J connectivity index is 1.22. The average Bonchev–Trinajstić information content (AvgIpc) is 3.28. The van der Waals surface area contributed by atoms with Crippen LogP contribution in [0.2, 0.25) is 0 Å². The van der Waals surface area contributed by atoms with Gasteiger partial charge >= 0.3 is 0 Å². The molecule has 6 heteroatoms. The first-order valence-corrected chi connectivity index (χ1v) is 10.1. The predicted octanol–water partition coefficient (Wildman–Crippen LogP) is 4.21. The zero-order valence-corrected chi connectivity index (χ0v) is 16.5. The molecule has 0 saturated carbocycles. The maximum absolute atomic E-state index is 12.9. The van der Waals surface area contributed by atoms with E-state index in [4.69, 9.17) is 9.47 Å². The third-order valence-electron chi connectivity index (χ3n) is 5.12. The number of ether oxygens (including phenoxy) is 2. The third kappa shape index (κ3) is 5.57. The summed E-state index contributed by atoms with van der Waals surface area (Å²) in [4.78, 5) is 8.94. The SMILES string of the molecule is Fc1ccc(COC2=NCN(c3ccc(OCCN4CCCC4)cc3)C=C2)cc1. The predicted molar refractivity (Wildman–Crippen MR) is 113 cm³/mol. The molecule has 29 heavy (non-hydrogen) atoms. The molecular formula is C23H26FN3O2. The molecule has 0 unspecified atom stereocenters. The number of nitrogens with zero attached hydrogens (tertiary/aromatic N) is 3. The van der Waals surface area contributed by atoms with Crippen molar-refractivity contribution in [1.82, 2.24) is 4.90 Å². The fourth-order valence-electron chi connectivity index (χ4n) is 3.43. The monoisotopic (exact) mass is 395 g/mol. The number of benzene rings is 2. The van der Waals surface area contributed by atoms with Gasteiger partial charge in [0.05, 0.1) is 0 Å². The molecule has 1 fully saturated rings. The molecule has 2 aromatic rings. The quantitative estimate of drug-likeness (QED) is 0.704. The van der Waals surface area contributed by atoms with Crippen molar-refractivity contribution in [3.8, 4) is 5.75 Å². The van der Waals surface area contributed by atoms with Crippen molar-refractivity contribution < 1.29 is 13.9 Å². The summed E-state index contributed by atoms with van der Waals surface area (Å²) in [5.74, 6) is 1.22. The van der Waals surface area contributed by atoms with Crippen LogP contribution in [0.3, 0.4) is 0 Å². The van der Waals surface area contributed by atoms with Gasteiger partial charge in [-0.05, 0) is 67.9 Å². The molecule has 0 aromatic heterocycles. The Hall–Kier alpha value is -2.86. The van der Waals surface area contributed by atoms with Crippen molar-refractivity contribution in [2.75, 3.05) is 37.8 Å². The number of halogens is 1. The summed E-state index contributed by atoms with van der Waals surface area (Å²) in [6.07, 6.45) is 6.41. The summed E-state index contributed by atoms with van der Waals surface area (Å²) < 4.78 is 24.5. The van der Waals surface area contributed by atoms with Crippen LogP contribution in [0.4, 0.5) is 10.1 Å². The van der Waals surface area contributed by atoms with Crippen LogP contribution in [-0.4, -0.2) is 43.7 Å². The van der Waals surface area contributed by atoms with E-state index in [0.29, 0.717) is 19.2 Å².